The van der Waals surface area contributed by atoms with Crippen LogP contribution in [-0.2, 0) is 9.59 Å². The van der Waals surface area contributed by atoms with E-state index in [1.165, 1.54) is 5.57 Å². The summed E-state index contributed by atoms with van der Waals surface area (Å²) < 4.78 is 0. The summed E-state index contributed by atoms with van der Waals surface area (Å²) in [5.41, 5.74) is 1.61. The Hall–Kier alpha value is -1.38. The number of aliphatic carboxylic acids is 1. The van der Waals surface area contributed by atoms with Gasteiger partial charge in [0.25, 0.3) is 0 Å². The molecule has 0 aromatic rings. The zero-order valence-corrected chi connectivity index (χ0v) is 11.2. The van der Waals surface area contributed by atoms with Crippen LogP contribution in [0.15, 0.2) is 23.8 Å². The van der Waals surface area contributed by atoms with Gasteiger partial charge in [-0.15, -0.1) is 0 Å². The molecule has 0 bridgehead atoms. The van der Waals surface area contributed by atoms with Gasteiger partial charge in [-0.25, -0.2) is 4.79 Å². The zero-order valence-electron chi connectivity index (χ0n) is 11.2. The first-order valence-corrected chi connectivity index (χ1v) is 6.52. The van der Waals surface area contributed by atoms with Crippen molar-refractivity contribution in [1.82, 2.24) is 0 Å². The van der Waals surface area contributed by atoms with Crippen molar-refractivity contribution in [2.45, 2.75) is 46.0 Å². The van der Waals surface area contributed by atoms with Crippen molar-refractivity contribution >= 4 is 11.8 Å². The molecule has 0 fully saturated rings. The predicted molar refractivity (Wildman–Crippen MR) is 71.3 cm³/mol. The van der Waals surface area contributed by atoms with E-state index in [0.29, 0.717) is 17.9 Å². The number of carbonyl (C=O) groups is 2. The standard InChI is InChI=1S/C15H22O3/c1-10-4-6-14(12(3)15(17)18)9-8-13(10)7-5-11(2)16/h8,10,14H,3-7,9H2,1-2H3,(H,17,18)/t10-,14+/m1/s1. The monoisotopic (exact) mass is 250 g/mol. The third-order valence-corrected chi connectivity index (χ3v) is 3.78. The van der Waals surface area contributed by atoms with E-state index in [1.807, 2.05) is 0 Å². The maximum Gasteiger partial charge on any atom is 0.331 e. The van der Waals surface area contributed by atoms with Crippen LogP contribution in [0.5, 0.6) is 0 Å². The number of allylic oxidation sites excluding steroid dienone is 2. The van der Waals surface area contributed by atoms with Crippen molar-refractivity contribution in [3.05, 3.63) is 23.8 Å². The van der Waals surface area contributed by atoms with E-state index < -0.39 is 5.97 Å². The molecule has 0 spiro atoms. The minimum atomic E-state index is -0.895. The topological polar surface area (TPSA) is 54.4 Å². The lowest BCUT2D eigenvalue weighted by Gasteiger charge is -2.14. The lowest BCUT2D eigenvalue weighted by molar-refractivity contribution is -0.133. The highest BCUT2D eigenvalue weighted by molar-refractivity contribution is 5.86. The summed E-state index contributed by atoms with van der Waals surface area (Å²) in [4.78, 5) is 21.9. The first kappa shape index (κ1) is 14.7. The van der Waals surface area contributed by atoms with Gasteiger partial charge in [0.15, 0.2) is 0 Å². The van der Waals surface area contributed by atoms with Crippen LogP contribution in [0.1, 0.15) is 46.0 Å². The highest BCUT2D eigenvalue weighted by Crippen LogP contribution is 2.32. The Kier molecular flexibility index (Phi) is 5.32. The molecule has 1 aliphatic rings. The molecule has 0 aliphatic heterocycles. The van der Waals surface area contributed by atoms with Gasteiger partial charge in [-0.05, 0) is 44.4 Å². The van der Waals surface area contributed by atoms with Crippen molar-refractivity contribution in [3.8, 4) is 0 Å². The molecule has 1 N–H and O–H groups in total. The number of Topliss-reactive ketones (excluding diaryl/α,β-unsaturated/α-hetero) is 1. The fraction of sp³-hybridized carbons (Fsp3) is 0.600. The van der Waals surface area contributed by atoms with E-state index in [0.717, 1.165) is 25.7 Å². The molecule has 3 nitrogen and oxygen atoms in total. The molecule has 1 aliphatic carbocycles. The summed E-state index contributed by atoms with van der Waals surface area (Å²) in [5, 5.41) is 8.97. The van der Waals surface area contributed by atoms with Gasteiger partial charge in [0.2, 0.25) is 0 Å². The molecular formula is C15H22O3. The van der Waals surface area contributed by atoms with Gasteiger partial charge in [-0.2, -0.15) is 0 Å². The smallest absolute Gasteiger partial charge is 0.331 e. The van der Waals surface area contributed by atoms with Crippen molar-refractivity contribution in [1.29, 1.82) is 0 Å². The summed E-state index contributed by atoms with van der Waals surface area (Å²) in [7, 11) is 0. The van der Waals surface area contributed by atoms with Gasteiger partial charge in [-0.3, -0.25) is 0 Å². The van der Waals surface area contributed by atoms with Gasteiger partial charge in [-0.1, -0.05) is 25.2 Å². The van der Waals surface area contributed by atoms with E-state index in [4.69, 9.17) is 5.11 Å². The van der Waals surface area contributed by atoms with E-state index in [9.17, 15) is 9.59 Å². The number of rotatable bonds is 5. The molecule has 100 valence electrons. The van der Waals surface area contributed by atoms with Gasteiger partial charge in [0.05, 0.1) is 0 Å². The first-order chi connectivity index (χ1) is 8.41. The average molecular weight is 250 g/mol. The van der Waals surface area contributed by atoms with Crippen molar-refractivity contribution < 1.29 is 14.7 Å². The quantitative estimate of drug-likeness (QED) is 0.601. The van der Waals surface area contributed by atoms with Crippen molar-refractivity contribution in [2.24, 2.45) is 11.8 Å². The van der Waals surface area contributed by atoms with Gasteiger partial charge >= 0.3 is 5.97 Å². The number of hydrogen-bond donors (Lipinski definition) is 1. The third kappa shape index (κ3) is 4.13. The second-order valence-corrected chi connectivity index (χ2v) is 5.22. The Morgan fingerprint density at radius 3 is 2.67 bits per heavy atom. The maximum absolute atomic E-state index is 11.0. The number of carbonyl (C=O) groups excluding carboxylic acids is 1. The Labute approximate surface area is 109 Å². The van der Waals surface area contributed by atoms with Crippen LogP contribution in [0.4, 0.5) is 0 Å². The number of ketones is 1. The zero-order chi connectivity index (χ0) is 13.7. The van der Waals surface area contributed by atoms with E-state index in [1.54, 1.807) is 6.92 Å². The predicted octanol–water partition coefficient (Wildman–Crippen LogP) is 3.36. The second kappa shape index (κ2) is 6.53. The van der Waals surface area contributed by atoms with E-state index >= 15 is 0 Å². The van der Waals surface area contributed by atoms with E-state index in [2.05, 4.69) is 19.6 Å². The lowest BCUT2D eigenvalue weighted by Crippen LogP contribution is -2.11. The minimum Gasteiger partial charge on any atom is -0.478 e. The lowest BCUT2D eigenvalue weighted by atomic mass is 9.90. The molecule has 3 heteroatoms. The molecule has 2 atom stereocenters. The fourth-order valence-electron chi connectivity index (χ4n) is 2.41. The largest absolute Gasteiger partial charge is 0.478 e. The van der Waals surface area contributed by atoms with Gasteiger partial charge < -0.3 is 9.90 Å². The minimum absolute atomic E-state index is 0.0415. The molecule has 0 radical (unpaired) electrons. The van der Waals surface area contributed by atoms with Crippen LogP contribution in [0.25, 0.3) is 0 Å². The number of carboxylic acid groups (broad SMARTS) is 1. The highest BCUT2D eigenvalue weighted by Gasteiger charge is 2.22. The number of hydrogen-bond acceptors (Lipinski definition) is 2. The molecule has 18 heavy (non-hydrogen) atoms. The van der Waals surface area contributed by atoms with Crippen LogP contribution in [0.3, 0.4) is 0 Å². The van der Waals surface area contributed by atoms with Crippen molar-refractivity contribution in [3.63, 3.8) is 0 Å². The summed E-state index contributed by atoms with van der Waals surface area (Å²) in [5.74, 6) is -0.206. The van der Waals surface area contributed by atoms with E-state index in [-0.39, 0.29) is 11.7 Å². The van der Waals surface area contributed by atoms with Gasteiger partial charge in [0.1, 0.15) is 5.78 Å². The molecule has 0 saturated heterocycles. The molecule has 0 aromatic heterocycles. The summed E-state index contributed by atoms with van der Waals surface area (Å²) in [6, 6.07) is 0. The molecule has 0 aromatic carbocycles. The average Bonchev–Trinajstić information content (AvgIpc) is 2.48. The Morgan fingerprint density at radius 2 is 2.11 bits per heavy atom. The maximum atomic E-state index is 11.0. The van der Waals surface area contributed by atoms with Crippen LogP contribution in [0.2, 0.25) is 0 Å². The summed E-state index contributed by atoms with van der Waals surface area (Å²) in [6.45, 7) is 7.42. The molecule has 0 amide bonds. The van der Waals surface area contributed by atoms with Crippen LogP contribution in [0, 0.1) is 11.8 Å². The van der Waals surface area contributed by atoms with Crippen molar-refractivity contribution in [2.75, 3.05) is 0 Å². The third-order valence-electron chi connectivity index (χ3n) is 3.78. The van der Waals surface area contributed by atoms with Gasteiger partial charge in [0, 0.05) is 12.0 Å². The normalized spacial score (nSPS) is 24.0. The molecule has 0 unspecified atom stereocenters. The van der Waals surface area contributed by atoms with Crippen LogP contribution in [-0.4, -0.2) is 16.9 Å². The molecule has 1 rings (SSSR count). The summed E-state index contributed by atoms with van der Waals surface area (Å²) in [6.07, 6.45) is 6.10. The first-order valence-electron chi connectivity index (χ1n) is 6.52. The molecule has 0 saturated carbocycles. The summed E-state index contributed by atoms with van der Waals surface area (Å²) >= 11 is 0. The second-order valence-electron chi connectivity index (χ2n) is 5.22. The van der Waals surface area contributed by atoms with Crippen LogP contribution < -0.4 is 0 Å². The highest BCUT2D eigenvalue weighted by atomic mass is 16.4. The fourth-order valence-corrected chi connectivity index (χ4v) is 2.41. The Bertz CT molecular complexity index is 379. The SMILES string of the molecule is C=C(C(=O)O)[C@@H]1CC=C(CCC(C)=O)[C@H](C)CC1. The number of carboxylic acids is 1. The van der Waals surface area contributed by atoms with Crippen LogP contribution >= 0.6 is 0 Å². The molecular weight excluding hydrogens is 228 g/mol. The Balaban J connectivity index is 2.67. The molecule has 0 heterocycles. The Morgan fingerprint density at radius 1 is 1.44 bits per heavy atom.